The summed E-state index contributed by atoms with van der Waals surface area (Å²) in [4.78, 5) is 39.7. The number of nitrogens with zero attached hydrogens (tertiary/aromatic N) is 1. The molecule has 0 bridgehead atoms. The number of aliphatic carboxylic acids is 1. The van der Waals surface area contributed by atoms with Gasteiger partial charge in [-0.2, -0.15) is 0 Å². The molecule has 0 fully saturated rings. The lowest BCUT2D eigenvalue weighted by molar-refractivity contribution is -0.137. The fourth-order valence-corrected chi connectivity index (χ4v) is 3.03. The van der Waals surface area contributed by atoms with Gasteiger partial charge in [-0.1, -0.05) is 30.3 Å². The zero-order valence-electron chi connectivity index (χ0n) is 17.2. The second-order valence-corrected chi connectivity index (χ2v) is 7.14. The Morgan fingerprint density at radius 3 is 2.53 bits per heavy atom. The van der Waals surface area contributed by atoms with Crippen LogP contribution in [0.1, 0.15) is 37.7 Å². The zero-order chi connectivity index (χ0) is 21.6. The van der Waals surface area contributed by atoms with Crippen LogP contribution >= 0.6 is 0 Å². The molecule has 5 N–H and O–H groups in total. The molecule has 1 atom stereocenters. The normalized spacial score (nSPS) is 13.7. The molecule has 1 aliphatic heterocycles. The summed E-state index contributed by atoms with van der Waals surface area (Å²) in [5, 5.41) is 20.7. The molecule has 0 aromatic heterocycles. The van der Waals surface area contributed by atoms with Crippen molar-refractivity contribution < 1.29 is 19.5 Å². The fourth-order valence-electron chi connectivity index (χ4n) is 3.03. The summed E-state index contributed by atoms with van der Waals surface area (Å²) in [6.45, 7) is 2.95. The Labute approximate surface area is 176 Å². The highest BCUT2D eigenvalue weighted by atomic mass is 16.4. The molecule has 0 aliphatic carbocycles. The molecule has 9 nitrogen and oxygen atoms in total. The number of carbonyl (C=O) groups is 3. The van der Waals surface area contributed by atoms with Crippen molar-refractivity contribution in [2.24, 2.45) is 4.99 Å². The lowest BCUT2D eigenvalue weighted by Gasteiger charge is -2.19. The maximum Gasteiger partial charge on any atom is 0.303 e. The van der Waals surface area contributed by atoms with Gasteiger partial charge >= 0.3 is 5.97 Å². The molecule has 1 aromatic carbocycles. The lowest BCUT2D eigenvalue weighted by Crippen LogP contribution is -2.48. The molecule has 1 unspecified atom stereocenters. The van der Waals surface area contributed by atoms with Gasteiger partial charge in [-0.3, -0.25) is 19.4 Å². The summed E-state index contributed by atoms with van der Waals surface area (Å²) < 4.78 is 0. The van der Waals surface area contributed by atoms with E-state index in [-0.39, 0.29) is 31.1 Å². The maximum absolute atomic E-state index is 12.6. The largest absolute Gasteiger partial charge is 0.481 e. The monoisotopic (exact) mass is 417 g/mol. The molecule has 164 valence electrons. The number of amides is 2. The van der Waals surface area contributed by atoms with Crippen LogP contribution in [0.15, 0.2) is 35.3 Å². The molecule has 0 saturated heterocycles. The molecule has 30 heavy (non-hydrogen) atoms. The summed E-state index contributed by atoms with van der Waals surface area (Å²) in [7, 11) is 0. The number of carbonyl (C=O) groups excluding carboxylic acids is 2. The van der Waals surface area contributed by atoms with E-state index in [0.29, 0.717) is 13.0 Å². The summed E-state index contributed by atoms with van der Waals surface area (Å²) in [6.07, 6.45) is 2.31. The highest BCUT2D eigenvalue weighted by Crippen LogP contribution is 2.05. The second kappa shape index (κ2) is 13.2. The van der Waals surface area contributed by atoms with Gasteiger partial charge in [0.1, 0.15) is 6.04 Å². The van der Waals surface area contributed by atoms with Gasteiger partial charge in [0.2, 0.25) is 11.8 Å². The van der Waals surface area contributed by atoms with Gasteiger partial charge < -0.3 is 26.4 Å². The van der Waals surface area contributed by atoms with E-state index in [4.69, 9.17) is 5.11 Å². The fraction of sp³-hybridized carbons (Fsp3) is 0.524. The van der Waals surface area contributed by atoms with Crippen molar-refractivity contribution in [2.45, 2.75) is 44.6 Å². The number of rotatable bonds is 13. The number of carboxylic acids is 1. The summed E-state index contributed by atoms with van der Waals surface area (Å²) >= 11 is 0. The molecule has 1 heterocycles. The van der Waals surface area contributed by atoms with Crippen LogP contribution in [-0.2, 0) is 20.8 Å². The predicted molar refractivity (Wildman–Crippen MR) is 114 cm³/mol. The Balaban J connectivity index is 1.75. The van der Waals surface area contributed by atoms with Crippen LogP contribution in [0, 0.1) is 0 Å². The molecule has 0 spiro atoms. The maximum atomic E-state index is 12.6. The molecule has 1 aliphatic rings. The van der Waals surface area contributed by atoms with E-state index >= 15 is 0 Å². The molecular weight excluding hydrogens is 386 g/mol. The van der Waals surface area contributed by atoms with Crippen LogP contribution in [0.3, 0.4) is 0 Å². The van der Waals surface area contributed by atoms with E-state index < -0.39 is 12.0 Å². The molecule has 9 heteroatoms. The standard InChI is InChI=1S/C21H31N5O4/c27-18(9-6-10-19(28)29)26-17(15-16-7-2-1-3-8-16)20(30)22-11-4-5-12-23-21-24-13-14-25-21/h1-3,7-8,17H,4-6,9-15H2,(H,22,30)(H,26,27)(H,28,29)(H2,23,24,25). The smallest absolute Gasteiger partial charge is 0.303 e. The third-order valence-electron chi connectivity index (χ3n) is 4.60. The van der Waals surface area contributed by atoms with Gasteiger partial charge in [0, 0.05) is 38.9 Å². The van der Waals surface area contributed by atoms with Gasteiger partial charge in [0.05, 0.1) is 6.54 Å². The quantitative estimate of drug-likeness (QED) is 0.296. The SMILES string of the molecule is O=C(O)CCCC(=O)NC(Cc1ccccc1)C(=O)NCCCCNC1=NCCN1. The van der Waals surface area contributed by atoms with Gasteiger partial charge in [-0.15, -0.1) is 0 Å². The van der Waals surface area contributed by atoms with Crippen LogP contribution in [0.4, 0.5) is 0 Å². The topological polar surface area (TPSA) is 132 Å². The first kappa shape index (κ1) is 23.2. The number of aliphatic imine (C=N–C) groups is 1. The molecule has 0 saturated carbocycles. The third-order valence-corrected chi connectivity index (χ3v) is 4.60. The minimum atomic E-state index is -0.938. The van der Waals surface area contributed by atoms with E-state index in [1.165, 1.54) is 0 Å². The van der Waals surface area contributed by atoms with Crippen LogP contribution in [0.2, 0.25) is 0 Å². The third kappa shape index (κ3) is 9.40. The van der Waals surface area contributed by atoms with Crippen LogP contribution in [0.5, 0.6) is 0 Å². The molecule has 1 aromatic rings. The van der Waals surface area contributed by atoms with Crippen LogP contribution in [-0.4, -0.2) is 61.1 Å². The average molecular weight is 418 g/mol. The Bertz CT molecular complexity index is 723. The first-order chi connectivity index (χ1) is 14.5. The van der Waals surface area contributed by atoms with Crippen molar-refractivity contribution in [3.8, 4) is 0 Å². The molecular formula is C21H31N5O4. The summed E-state index contributed by atoms with van der Waals surface area (Å²) in [5.41, 5.74) is 0.942. The number of nitrogens with one attached hydrogen (secondary N) is 4. The number of carboxylic acid groups (broad SMARTS) is 1. The van der Waals surface area contributed by atoms with Crippen molar-refractivity contribution in [3.63, 3.8) is 0 Å². The Hall–Kier alpha value is -3.10. The number of unbranched alkanes of at least 4 members (excludes halogenated alkanes) is 1. The lowest BCUT2D eigenvalue weighted by atomic mass is 10.0. The van der Waals surface area contributed by atoms with Crippen molar-refractivity contribution in [2.75, 3.05) is 26.2 Å². The number of guanidine groups is 1. The first-order valence-electron chi connectivity index (χ1n) is 10.4. The molecule has 2 amide bonds. The highest BCUT2D eigenvalue weighted by Gasteiger charge is 2.21. The Morgan fingerprint density at radius 1 is 1.07 bits per heavy atom. The second-order valence-electron chi connectivity index (χ2n) is 7.14. The number of hydrogen-bond acceptors (Lipinski definition) is 6. The molecule has 0 radical (unpaired) electrons. The van der Waals surface area contributed by atoms with E-state index in [2.05, 4.69) is 26.3 Å². The van der Waals surface area contributed by atoms with Crippen LogP contribution in [0.25, 0.3) is 0 Å². The number of hydrogen-bond donors (Lipinski definition) is 5. The van der Waals surface area contributed by atoms with Gasteiger partial charge in [0.25, 0.3) is 0 Å². The van der Waals surface area contributed by atoms with Crippen molar-refractivity contribution in [3.05, 3.63) is 35.9 Å². The predicted octanol–water partition coefficient (Wildman–Crippen LogP) is 0.414. The van der Waals surface area contributed by atoms with Crippen molar-refractivity contribution in [1.29, 1.82) is 0 Å². The van der Waals surface area contributed by atoms with E-state index in [1.807, 2.05) is 30.3 Å². The van der Waals surface area contributed by atoms with E-state index in [1.54, 1.807) is 0 Å². The van der Waals surface area contributed by atoms with Crippen LogP contribution < -0.4 is 21.3 Å². The molecule has 2 rings (SSSR count). The summed E-state index contributed by atoms with van der Waals surface area (Å²) in [5.74, 6) is -0.666. The van der Waals surface area contributed by atoms with Crippen molar-refractivity contribution >= 4 is 23.7 Å². The average Bonchev–Trinajstić information content (AvgIpc) is 3.24. The Morgan fingerprint density at radius 2 is 1.83 bits per heavy atom. The van der Waals surface area contributed by atoms with Gasteiger partial charge in [0.15, 0.2) is 5.96 Å². The van der Waals surface area contributed by atoms with E-state index in [9.17, 15) is 14.4 Å². The minimum Gasteiger partial charge on any atom is -0.481 e. The summed E-state index contributed by atoms with van der Waals surface area (Å²) in [6, 6.07) is 8.78. The van der Waals surface area contributed by atoms with Crippen molar-refractivity contribution in [1.82, 2.24) is 21.3 Å². The highest BCUT2D eigenvalue weighted by molar-refractivity contribution is 5.88. The number of benzene rings is 1. The van der Waals surface area contributed by atoms with Gasteiger partial charge in [-0.05, 0) is 24.8 Å². The zero-order valence-corrected chi connectivity index (χ0v) is 17.2. The van der Waals surface area contributed by atoms with Gasteiger partial charge in [-0.25, -0.2) is 0 Å². The first-order valence-corrected chi connectivity index (χ1v) is 10.4. The van der Waals surface area contributed by atoms with E-state index in [0.717, 1.165) is 44.0 Å². The Kier molecular flexibility index (Phi) is 10.2. The minimum absolute atomic E-state index is 0.0705.